The van der Waals surface area contributed by atoms with E-state index >= 15 is 0 Å². The minimum absolute atomic E-state index is 0.216. The quantitative estimate of drug-likeness (QED) is 0.318. The number of carbonyl (C=O) groups excluding carboxylic acids is 1. The first-order valence-electron chi connectivity index (χ1n) is 10.1. The highest BCUT2D eigenvalue weighted by atomic mass is 32.1. The van der Waals surface area contributed by atoms with E-state index in [2.05, 4.69) is 10.6 Å². The lowest BCUT2D eigenvalue weighted by molar-refractivity contribution is 0.0527. The molecule has 4 nitrogen and oxygen atoms in total. The van der Waals surface area contributed by atoms with Crippen molar-refractivity contribution in [3.05, 3.63) is 16.0 Å². The van der Waals surface area contributed by atoms with Crippen LogP contribution in [0.5, 0.6) is 0 Å². The van der Waals surface area contributed by atoms with Gasteiger partial charge in [0.2, 0.25) is 0 Å². The van der Waals surface area contributed by atoms with Crippen LogP contribution in [0.15, 0.2) is 0 Å². The van der Waals surface area contributed by atoms with Crippen molar-refractivity contribution in [3.8, 4) is 0 Å². The van der Waals surface area contributed by atoms with Crippen LogP contribution in [0, 0.1) is 0 Å². The lowest BCUT2D eigenvalue weighted by Crippen LogP contribution is -2.37. The van der Waals surface area contributed by atoms with Crippen LogP contribution in [-0.4, -0.2) is 23.7 Å². The fourth-order valence-corrected chi connectivity index (χ4v) is 5.61. The minimum Gasteiger partial charge on any atom is -0.462 e. The van der Waals surface area contributed by atoms with Crippen molar-refractivity contribution in [2.45, 2.75) is 83.6 Å². The Bertz CT molecular complexity index is 634. The number of esters is 1. The van der Waals surface area contributed by atoms with Gasteiger partial charge in [0.15, 0.2) is 5.11 Å². The maximum atomic E-state index is 12.6. The van der Waals surface area contributed by atoms with E-state index in [0.717, 1.165) is 29.8 Å². The van der Waals surface area contributed by atoms with Crippen LogP contribution in [-0.2, 0) is 17.6 Å². The van der Waals surface area contributed by atoms with Crippen molar-refractivity contribution in [3.63, 3.8) is 0 Å². The number of ether oxygens (including phenoxy) is 1. The second kappa shape index (κ2) is 9.70. The number of anilines is 1. The largest absolute Gasteiger partial charge is 0.462 e. The highest BCUT2D eigenvalue weighted by molar-refractivity contribution is 7.80. The van der Waals surface area contributed by atoms with Gasteiger partial charge in [0.05, 0.1) is 12.2 Å². The number of rotatable bonds is 4. The van der Waals surface area contributed by atoms with E-state index in [-0.39, 0.29) is 5.97 Å². The van der Waals surface area contributed by atoms with Gasteiger partial charge < -0.3 is 15.4 Å². The zero-order valence-electron chi connectivity index (χ0n) is 15.7. The average molecular weight is 395 g/mol. The first-order valence-corrected chi connectivity index (χ1v) is 11.3. The summed E-state index contributed by atoms with van der Waals surface area (Å²) in [6.45, 7) is 2.25. The summed E-state index contributed by atoms with van der Waals surface area (Å²) in [5, 5.41) is 8.31. The molecule has 0 bridgehead atoms. The van der Waals surface area contributed by atoms with Crippen molar-refractivity contribution in [1.29, 1.82) is 0 Å². The molecule has 144 valence electrons. The number of thiocarbonyl (C=S) groups is 1. The topological polar surface area (TPSA) is 50.4 Å². The summed E-state index contributed by atoms with van der Waals surface area (Å²) in [5.41, 5.74) is 1.91. The Hall–Kier alpha value is -1.14. The summed E-state index contributed by atoms with van der Waals surface area (Å²) in [4.78, 5) is 13.9. The molecule has 0 amide bonds. The number of nitrogens with one attached hydrogen (secondary N) is 2. The van der Waals surface area contributed by atoms with Gasteiger partial charge in [0, 0.05) is 10.9 Å². The molecule has 1 heterocycles. The van der Waals surface area contributed by atoms with Gasteiger partial charge in [-0.15, -0.1) is 11.3 Å². The van der Waals surface area contributed by atoms with Crippen LogP contribution in [0.1, 0.15) is 85.5 Å². The lowest BCUT2D eigenvalue weighted by atomic mass is 10.1. The molecule has 0 unspecified atom stereocenters. The Morgan fingerprint density at radius 2 is 1.81 bits per heavy atom. The molecular weight excluding hydrogens is 364 g/mol. The zero-order chi connectivity index (χ0) is 18.4. The van der Waals surface area contributed by atoms with Crippen LogP contribution in [0.2, 0.25) is 0 Å². The molecule has 2 N–H and O–H groups in total. The maximum Gasteiger partial charge on any atom is 0.341 e. The molecule has 0 aliphatic heterocycles. The standard InChI is InChI=1S/C20H30N2O2S2/c1-2-24-19(23)17-15-12-8-5-9-13-16(15)26-18(17)22-20(25)21-14-10-6-3-4-7-11-14/h14H,2-13H2,1H3,(H2,21,22,25). The summed E-state index contributed by atoms with van der Waals surface area (Å²) in [6, 6.07) is 0.446. The monoisotopic (exact) mass is 394 g/mol. The third-order valence-corrected chi connectivity index (χ3v) is 6.75. The molecule has 0 spiro atoms. The molecule has 1 aromatic rings. The van der Waals surface area contributed by atoms with Gasteiger partial charge in [-0.1, -0.05) is 32.1 Å². The Labute approximate surface area is 166 Å². The van der Waals surface area contributed by atoms with E-state index in [1.165, 1.54) is 61.8 Å². The molecule has 0 atom stereocenters. The molecule has 0 radical (unpaired) electrons. The average Bonchev–Trinajstić information content (AvgIpc) is 2.81. The Balaban J connectivity index is 1.75. The Kier molecular flexibility index (Phi) is 7.32. The normalized spacial score (nSPS) is 18.3. The maximum absolute atomic E-state index is 12.6. The first-order chi connectivity index (χ1) is 12.7. The van der Waals surface area contributed by atoms with Gasteiger partial charge in [-0.2, -0.15) is 0 Å². The van der Waals surface area contributed by atoms with Crippen LogP contribution in [0.3, 0.4) is 0 Å². The van der Waals surface area contributed by atoms with Gasteiger partial charge in [-0.3, -0.25) is 0 Å². The SMILES string of the molecule is CCOC(=O)c1c(NC(=S)NC2CCCCCC2)sc2c1CCCCC2. The lowest BCUT2D eigenvalue weighted by Gasteiger charge is -2.19. The highest BCUT2D eigenvalue weighted by Gasteiger charge is 2.26. The molecule has 2 aliphatic rings. The molecule has 1 fully saturated rings. The number of fused-ring (bicyclic) bond motifs is 1. The summed E-state index contributed by atoms with van der Waals surface area (Å²) in [7, 11) is 0. The molecule has 0 aromatic carbocycles. The minimum atomic E-state index is -0.216. The fourth-order valence-electron chi connectivity index (χ4n) is 4.00. The summed E-state index contributed by atoms with van der Waals surface area (Å²) < 4.78 is 5.35. The van der Waals surface area contributed by atoms with E-state index in [0.29, 0.717) is 17.8 Å². The molecule has 1 saturated carbocycles. The van der Waals surface area contributed by atoms with E-state index in [9.17, 15) is 4.79 Å². The number of aryl methyl sites for hydroxylation is 1. The van der Waals surface area contributed by atoms with Gasteiger partial charge >= 0.3 is 5.97 Å². The second-order valence-electron chi connectivity index (χ2n) is 7.28. The number of carbonyl (C=O) groups is 1. The molecule has 6 heteroatoms. The molecular formula is C20H30N2O2S2. The summed E-state index contributed by atoms with van der Waals surface area (Å²) >= 11 is 7.26. The Morgan fingerprint density at radius 3 is 2.54 bits per heavy atom. The molecule has 26 heavy (non-hydrogen) atoms. The van der Waals surface area contributed by atoms with Crippen LogP contribution < -0.4 is 10.6 Å². The summed E-state index contributed by atoms with van der Waals surface area (Å²) in [5.74, 6) is -0.216. The molecule has 1 aromatic heterocycles. The van der Waals surface area contributed by atoms with Crippen molar-refractivity contribution >= 4 is 39.6 Å². The number of thiophene rings is 1. The van der Waals surface area contributed by atoms with Crippen molar-refractivity contribution in [2.24, 2.45) is 0 Å². The van der Waals surface area contributed by atoms with Gasteiger partial charge in [0.1, 0.15) is 5.00 Å². The second-order valence-corrected chi connectivity index (χ2v) is 8.79. The Morgan fingerprint density at radius 1 is 1.12 bits per heavy atom. The first kappa shape index (κ1) is 19.6. The fraction of sp³-hybridized carbons (Fsp3) is 0.700. The van der Waals surface area contributed by atoms with Crippen LogP contribution in [0.25, 0.3) is 0 Å². The highest BCUT2D eigenvalue weighted by Crippen LogP contribution is 2.38. The smallest absolute Gasteiger partial charge is 0.341 e. The van der Waals surface area contributed by atoms with Crippen molar-refractivity contribution in [1.82, 2.24) is 5.32 Å². The van der Waals surface area contributed by atoms with Crippen molar-refractivity contribution < 1.29 is 9.53 Å². The van der Waals surface area contributed by atoms with Crippen molar-refractivity contribution in [2.75, 3.05) is 11.9 Å². The molecule has 3 rings (SSSR count). The van der Waals surface area contributed by atoms with E-state index < -0.39 is 0 Å². The third kappa shape index (κ3) is 4.97. The molecule has 2 aliphatic carbocycles. The van der Waals surface area contributed by atoms with Crippen LogP contribution in [0.4, 0.5) is 5.00 Å². The summed E-state index contributed by atoms with van der Waals surface area (Å²) in [6.07, 6.45) is 13.1. The van der Waals surface area contributed by atoms with Gasteiger partial charge in [-0.25, -0.2) is 4.79 Å². The van der Waals surface area contributed by atoms with Gasteiger partial charge in [-0.05, 0) is 63.2 Å². The number of hydrogen-bond donors (Lipinski definition) is 2. The van der Waals surface area contributed by atoms with E-state index in [1.54, 1.807) is 11.3 Å². The predicted octanol–water partition coefficient (Wildman–Crippen LogP) is 5.20. The predicted molar refractivity (Wildman–Crippen MR) is 112 cm³/mol. The molecule has 0 saturated heterocycles. The van der Waals surface area contributed by atoms with E-state index in [4.69, 9.17) is 17.0 Å². The zero-order valence-corrected chi connectivity index (χ0v) is 17.3. The van der Waals surface area contributed by atoms with Crippen LogP contribution >= 0.6 is 23.6 Å². The van der Waals surface area contributed by atoms with Gasteiger partial charge in [0.25, 0.3) is 0 Å². The van der Waals surface area contributed by atoms with E-state index in [1.807, 2.05) is 6.92 Å². The number of hydrogen-bond acceptors (Lipinski definition) is 4. The third-order valence-electron chi connectivity index (χ3n) is 5.32.